The minimum Gasteiger partial charge on any atom is -0.308 e. The van der Waals surface area contributed by atoms with Gasteiger partial charge in [0, 0.05) is 18.0 Å². The van der Waals surface area contributed by atoms with Gasteiger partial charge < -0.3 is 5.32 Å². The van der Waals surface area contributed by atoms with Crippen molar-refractivity contribution in [3.8, 4) is 10.7 Å². The van der Waals surface area contributed by atoms with E-state index >= 15 is 0 Å². The van der Waals surface area contributed by atoms with Crippen LogP contribution in [0.3, 0.4) is 0 Å². The van der Waals surface area contributed by atoms with E-state index in [1.165, 1.54) is 0 Å². The maximum atomic E-state index is 4.20. The molecule has 2 aromatic rings. The molecular formula is C9H12N4S2. The average molecular weight is 240 g/mol. The molecule has 15 heavy (non-hydrogen) atoms. The van der Waals surface area contributed by atoms with Gasteiger partial charge in [0.25, 0.3) is 0 Å². The van der Waals surface area contributed by atoms with Gasteiger partial charge in [-0.25, -0.2) is 4.98 Å². The lowest BCUT2D eigenvalue weighted by atomic mass is 10.4. The van der Waals surface area contributed by atoms with E-state index in [0.717, 1.165) is 22.3 Å². The van der Waals surface area contributed by atoms with E-state index in [1.54, 1.807) is 22.7 Å². The van der Waals surface area contributed by atoms with Gasteiger partial charge in [-0.2, -0.15) is 0 Å². The van der Waals surface area contributed by atoms with Gasteiger partial charge in [0.15, 0.2) is 5.01 Å². The molecular weight excluding hydrogens is 228 g/mol. The van der Waals surface area contributed by atoms with Crippen LogP contribution in [0.25, 0.3) is 10.7 Å². The van der Waals surface area contributed by atoms with Crippen LogP contribution in [0.4, 0.5) is 0 Å². The van der Waals surface area contributed by atoms with Gasteiger partial charge >= 0.3 is 0 Å². The molecule has 80 valence electrons. The average Bonchev–Trinajstić information content (AvgIpc) is 2.85. The van der Waals surface area contributed by atoms with E-state index in [2.05, 4.69) is 34.3 Å². The topological polar surface area (TPSA) is 50.7 Å². The van der Waals surface area contributed by atoms with Crippen LogP contribution in [0, 0.1) is 0 Å². The third-order valence-corrected chi connectivity index (χ3v) is 3.31. The number of nitrogens with one attached hydrogen (secondary N) is 1. The molecule has 0 fully saturated rings. The molecule has 4 nitrogen and oxygen atoms in total. The number of thiazole rings is 1. The summed E-state index contributed by atoms with van der Waals surface area (Å²) in [7, 11) is 0. The van der Waals surface area contributed by atoms with Crippen LogP contribution in [0.1, 0.15) is 18.9 Å². The monoisotopic (exact) mass is 240 g/mol. The summed E-state index contributed by atoms with van der Waals surface area (Å²) in [6.07, 6.45) is 0. The van der Waals surface area contributed by atoms with Crippen LogP contribution in [-0.2, 0) is 6.54 Å². The Bertz CT molecular complexity index is 407. The molecule has 0 aliphatic heterocycles. The molecule has 2 rings (SSSR count). The molecule has 2 aromatic heterocycles. The first-order chi connectivity index (χ1) is 7.25. The molecule has 0 aliphatic rings. The Kier molecular flexibility index (Phi) is 3.40. The third kappa shape index (κ3) is 2.80. The summed E-state index contributed by atoms with van der Waals surface area (Å²) in [5.41, 5.74) is 2.73. The van der Waals surface area contributed by atoms with Gasteiger partial charge in [-0.1, -0.05) is 25.2 Å². The summed E-state index contributed by atoms with van der Waals surface area (Å²) in [6, 6.07) is 0.469. The van der Waals surface area contributed by atoms with E-state index < -0.39 is 0 Å². The lowest BCUT2D eigenvalue weighted by Gasteiger charge is -2.03. The van der Waals surface area contributed by atoms with Gasteiger partial charge in [0.05, 0.1) is 5.51 Å². The SMILES string of the molecule is CC(C)NCc1nnc(-c2cscn2)s1. The summed E-state index contributed by atoms with van der Waals surface area (Å²) in [5, 5.41) is 15.4. The molecule has 0 bridgehead atoms. The molecule has 0 unspecified atom stereocenters. The summed E-state index contributed by atoms with van der Waals surface area (Å²) in [6.45, 7) is 5.00. The quantitative estimate of drug-likeness (QED) is 0.889. The normalized spacial score (nSPS) is 11.1. The molecule has 0 saturated heterocycles. The molecule has 0 amide bonds. The number of hydrogen-bond donors (Lipinski definition) is 1. The molecule has 0 aromatic carbocycles. The maximum absolute atomic E-state index is 4.20. The molecule has 0 atom stereocenters. The van der Waals surface area contributed by atoms with Crippen LogP contribution in [0.15, 0.2) is 10.9 Å². The highest BCUT2D eigenvalue weighted by atomic mass is 32.1. The van der Waals surface area contributed by atoms with Crippen molar-refractivity contribution in [2.24, 2.45) is 0 Å². The van der Waals surface area contributed by atoms with Crippen LogP contribution < -0.4 is 5.32 Å². The molecule has 0 spiro atoms. The highest BCUT2D eigenvalue weighted by molar-refractivity contribution is 7.15. The van der Waals surface area contributed by atoms with Crippen molar-refractivity contribution in [1.29, 1.82) is 0 Å². The van der Waals surface area contributed by atoms with Gasteiger partial charge in [0.1, 0.15) is 10.7 Å². The molecule has 0 saturated carbocycles. The fraction of sp³-hybridized carbons (Fsp3) is 0.444. The Balaban J connectivity index is 2.04. The fourth-order valence-electron chi connectivity index (χ4n) is 1.04. The molecule has 2 heterocycles. The first-order valence-electron chi connectivity index (χ1n) is 4.70. The van der Waals surface area contributed by atoms with Crippen LogP contribution in [0.2, 0.25) is 0 Å². The van der Waals surface area contributed by atoms with Crippen molar-refractivity contribution in [3.05, 3.63) is 15.9 Å². The Labute approximate surface area is 96.4 Å². The predicted octanol–water partition coefficient (Wildman–Crippen LogP) is 2.16. The third-order valence-electron chi connectivity index (χ3n) is 1.78. The van der Waals surface area contributed by atoms with Gasteiger partial charge in [0.2, 0.25) is 0 Å². The smallest absolute Gasteiger partial charge is 0.167 e. The van der Waals surface area contributed by atoms with E-state index in [1.807, 2.05) is 10.9 Å². The van der Waals surface area contributed by atoms with E-state index in [9.17, 15) is 0 Å². The number of rotatable bonds is 4. The van der Waals surface area contributed by atoms with Crippen LogP contribution >= 0.6 is 22.7 Å². The van der Waals surface area contributed by atoms with Crippen molar-refractivity contribution in [3.63, 3.8) is 0 Å². The molecule has 1 N–H and O–H groups in total. The molecule has 0 radical (unpaired) electrons. The number of aromatic nitrogens is 3. The second-order valence-electron chi connectivity index (χ2n) is 3.41. The minimum atomic E-state index is 0.469. The van der Waals surface area contributed by atoms with Crippen molar-refractivity contribution < 1.29 is 0 Å². The van der Waals surface area contributed by atoms with E-state index in [-0.39, 0.29) is 0 Å². The zero-order chi connectivity index (χ0) is 10.7. The standard InChI is InChI=1S/C9H12N4S2/c1-6(2)10-3-8-12-13-9(15-8)7-4-14-5-11-7/h4-6,10H,3H2,1-2H3. The van der Waals surface area contributed by atoms with E-state index in [0.29, 0.717) is 6.04 Å². The Morgan fingerprint density at radius 2 is 2.27 bits per heavy atom. The Morgan fingerprint density at radius 3 is 2.93 bits per heavy atom. The zero-order valence-electron chi connectivity index (χ0n) is 8.60. The minimum absolute atomic E-state index is 0.469. The Hall–Kier alpha value is -0.850. The van der Waals surface area contributed by atoms with Gasteiger partial charge in [-0.3, -0.25) is 0 Å². The summed E-state index contributed by atoms with van der Waals surface area (Å²) < 4.78 is 0. The highest BCUT2D eigenvalue weighted by Gasteiger charge is 2.07. The summed E-state index contributed by atoms with van der Waals surface area (Å²) in [4.78, 5) is 4.20. The van der Waals surface area contributed by atoms with Gasteiger partial charge in [-0.05, 0) is 0 Å². The van der Waals surface area contributed by atoms with E-state index in [4.69, 9.17) is 0 Å². The fourth-order valence-corrected chi connectivity index (χ4v) is 2.41. The Morgan fingerprint density at radius 1 is 1.40 bits per heavy atom. The van der Waals surface area contributed by atoms with Crippen molar-refractivity contribution >= 4 is 22.7 Å². The van der Waals surface area contributed by atoms with Crippen LogP contribution in [0.5, 0.6) is 0 Å². The second kappa shape index (κ2) is 4.78. The largest absolute Gasteiger partial charge is 0.308 e. The molecule has 6 heteroatoms. The lowest BCUT2D eigenvalue weighted by Crippen LogP contribution is -2.21. The second-order valence-corrected chi connectivity index (χ2v) is 5.19. The first-order valence-corrected chi connectivity index (χ1v) is 6.46. The van der Waals surface area contributed by atoms with Gasteiger partial charge in [-0.15, -0.1) is 21.5 Å². The zero-order valence-corrected chi connectivity index (χ0v) is 10.2. The number of nitrogens with zero attached hydrogens (tertiary/aromatic N) is 3. The van der Waals surface area contributed by atoms with Crippen LogP contribution in [-0.4, -0.2) is 21.2 Å². The molecule has 0 aliphatic carbocycles. The maximum Gasteiger partial charge on any atom is 0.167 e. The van der Waals surface area contributed by atoms with Crippen molar-refractivity contribution in [1.82, 2.24) is 20.5 Å². The lowest BCUT2D eigenvalue weighted by molar-refractivity contribution is 0.585. The highest BCUT2D eigenvalue weighted by Crippen LogP contribution is 2.22. The first kappa shape index (κ1) is 10.7. The predicted molar refractivity (Wildman–Crippen MR) is 63.0 cm³/mol. The van der Waals surface area contributed by atoms with Crippen molar-refractivity contribution in [2.45, 2.75) is 26.4 Å². The summed E-state index contributed by atoms with van der Waals surface area (Å²) >= 11 is 3.17. The van der Waals surface area contributed by atoms with Crippen molar-refractivity contribution in [2.75, 3.05) is 0 Å². The number of hydrogen-bond acceptors (Lipinski definition) is 6. The summed E-state index contributed by atoms with van der Waals surface area (Å²) in [5.74, 6) is 0.